The monoisotopic (exact) mass is 300 g/mol. The Morgan fingerprint density at radius 2 is 1.95 bits per heavy atom. The Balaban J connectivity index is 2.62. The van der Waals surface area contributed by atoms with Gasteiger partial charge in [-0.25, -0.2) is 19.2 Å². The van der Waals surface area contributed by atoms with Crippen molar-refractivity contribution in [1.29, 1.82) is 0 Å². The van der Waals surface area contributed by atoms with Crippen molar-refractivity contribution >= 4 is 5.97 Å². The van der Waals surface area contributed by atoms with Gasteiger partial charge >= 0.3 is 12.1 Å². The van der Waals surface area contributed by atoms with E-state index in [0.29, 0.717) is 6.07 Å². The van der Waals surface area contributed by atoms with Crippen LogP contribution in [0.15, 0.2) is 24.4 Å². The van der Waals surface area contributed by atoms with Crippen LogP contribution in [0.2, 0.25) is 0 Å². The maximum atomic E-state index is 13.0. The Bertz CT molecular complexity index is 714. The zero-order valence-corrected chi connectivity index (χ0v) is 10.6. The van der Waals surface area contributed by atoms with Crippen molar-refractivity contribution < 1.29 is 27.5 Å². The van der Waals surface area contributed by atoms with Crippen LogP contribution < -0.4 is 0 Å². The van der Waals surface area contributed by atoms with Crippen LogP contribution in [0.5, 0.6) is 0 Å². The number of hydrogen-bond acceptors (Lipinski definition) is 3. The van der Waals surface area contributed by atoms with Crippen molar-refractivity contribution in [2.24, 2.45) is 0 Å². The van der Waals surface area contributed by atoms with Gasteiger partial charge in [0.05, 0.1) is 16.8 Å². The summed E-state index contributed by atoms with van der Waals surface area (Å²) in [6, 6.07) is 2.11. The van der Waals surface area contributed by atoms with E-state index >= 15 is 0 Å². The molecule has 1 N–H and O–H groups in total. The molecular formula is C13H8F4N2O2. The van der Waals surface area contributed by atoms with E-state index in [1.54, 1.807) is 0 Å². The molecule has 0 unspecified atom stereocenters. The van der Waals surface area contributed by atoms with Crippen LogP contribution in [0.4, 0.5) is 17.6 Å². The molecule has 0 bridgehead atoms. The van der Waals surface area contributed by atoms with Gasteiger partial charge in [0.2, 0.25) is 0 Å². The fraction of sp³-hybridized carbons (Fsp3) is 0.154. The molecule has 4 nitrogen and oxygen atoms in total. The lowest BCUT2D eigenvalue weighted by atomic mass is 10.1. The minimum Gasteiger partial charge on any atom is -0.478 e. The second-order valence-electron chi connectivity index (χ2n) is 4.19. The summed E-state index contributed by atoms with van der Waals surface area (Å²) < 4.78 is 51.7. The van der Waals surface area contributed by atoms with Crippen LogP contribution in [0.25, 0.3) is 11.4 Å². The minimum absolute atomic E-state index is 0.0185. The largest absolute Gasteiger partial charge is 0.478 e. The molecule has 0 saturated heterocycles. The van der Waals surface area contributed by atoms with Crippen LogP contribution in [-0.2, 0) is 6.18 Å². The molecule has 0 saturated carbocycles. The molecule has 0 amide bonds. The number of rotatable bonds is 2. The third-order valence-corrected chi connectivity index (χ3v) is 2.74. The summed E-state index contributed by atoms with van der Waals surface area (Å²) in [5.74, 6) is -2.64. The van der Waals surface area contributed by atoms with Gasteiger partial charge in [-0.2, -0.15) is 13.2 Å². The maximum Gasteiger partial charge on any atom is 0.417 e. The van der Waals surface area contributed by atoms with E-state index in [1.165, 1.54) is 6.92 Å². The minimum atomic E-state index is -4.78. The summed E-state index contributed by atoms with van der Waals surface area (Å²) in [7, 11) is 0. The summed E-state index contributed by atoms with van der Waals surface area (Å²) in [6.07, 6.45) is -3.86. The molecule has 0 spiro atoms. The van der Waals surface area contributed by atoms with Crippen molar-refractivity contribution in [3.8, 4) is 11.4 Å². The first-order valence-corrected chi connectivity index (χ1v) is 5.64. The molecule has 0 fully saturated rings. The van der Waals surface area contributed by atoms with Crippen LogP contribution in [-0.4, -0.2) is 21.0 Å². The zero-order valence-electron chi connectivity index (χ0n) is 10.6. The van der Waals surface area contributed by atoms with E-state index in [0.717, 1.165) is 18.3 Å². The van der Waals surface area contributed by atoms with Gasteiger partial charge in [-0.15, -0.1) is 0 Å². The smallest absolute Gasteiger partial charge is 0.417 e. The molecule has 0 aliphatic heterocycles. The van der Waals surface area contributed by atoms with Gasteiger partial charge in [-0.1, -0.05) is 0 Å². The number of aryl methyl sites for hydroxylation is 1. The molecule has 8 heteroatoms. The zero-order chi connectivity index (χ0) is 15.8. The van der Waals surface area contributed by atoms with Gasteiger partial charge in [-0.05, 0) is 25.1 Å². The Morgan fingerprint density at radius 3 is 2.48 bits per heavy atom. The van der Waals surface area contributed by atoms with Crippen LogP contribution >= 0.6 is 0 Å². The van der Waals surface area contributed by atoms with Crippen LogP contribution in [0, 0.1) is 12.7 Å². The summed E-state index contributed by atoms with van der Waals surface area (Å²) >= 11 is 0. The van der Waals surface area contributed by atoms with Gasteiger partial charge in [0.25, 0.3) is 0 Å². The number of alkyl halides is 3. The first kappa shape index (κ1) is 14.9. The molecule has 0 radical (unpaired) electrons. The average molecular weight is 300 g/mol. The number of carbonyl (C=O) groups is 1. The molecule has 2 aromatic rings. The molecular weight excluding hydrogens is 292 g/mol. The van der Waals surface area contributed by atoms with E-state index in [4.69, 9.17) is 5.11 Å². The van der Waals surface area contributed by atoms with Gasteiger partial charge in [-0.3, -0.25) is 0 Å². The summed E-state index contributed by atoms with van der Waals surface area (Å²) in [5.41, 5.74) is -1.83. The number of carboxylic acid groups (broad SMARTS) is 1. The summed E-state index contributed by atoms with van der Waals surface area (Å²) in [4.78, 5) is 18.2. The topological polar surface area (TPSA) is 63.1 Å². The Hall–Kier alpha value is -2.51. The van der Waals surface area contributed by atoms with Crippen molar-refractivity contribution in [1.82, 2.24) is 9.97 Å². The predicted molar refractivity (Wildman–Crippen MR) is 64.1 cm³/mol. The molecule has 2 rings (SSSR count). The van der Waals surface area contributed by atoms with Crippen LogP contribution in [0.1, 0.15) is 21.6 Å². The highest BCUT2D eigenvalue weighted by atomic mass is 19.4. The number of aromatic carboxylic acids is 1. The molecule has 110 valence electrons. The lowest BCUT2D eigenvalue weighted by Gasteiger charge is -2.12. The molecule has 1 aromatic heterocycles. The van der Waals surface area contributed by atoms with E-state index in [9.17, 15) is 22.4 Å². The highest BCUT2D eigenvalue weighted by molar-refractivity contribution is 5.88. The second-order valence-corrected chi connectivity index (χ2v) is 4.19. The third-order valence-electron chi connectivity index (χ3n) is 2.74. The van der Waals surface area contributed by atoms with E-state index in [-0.39, 0.29) is 17.1 Å². The predicted octanol–water partition coefficient (Wildman–Crippen LogP) is 3.31. The Labute approximate surface area is 116 Å². The average Bonchev–Trinajstić information content (AvgIpc) is 2.37. The first-order valence-electron chi connectivity index (χ1n) is 5.64. The summed E-state index contributed by atoms with van der Waals surface area (Å²) in [6.45, 7) is 1.34. The number of carboxylic acids is 1. The van der Waals surface area contributed by atoms with Crippen LogP contribution in [0.3, 0.4) is 0 Å². The summed E-state index contributed by atoms with van der Waals surface area (Å²) in [5, 5.41) is 8.84. The fourth-order valence-corrected chi connectivity index (χ4v) is 1.75. The van der Waals surface area contributed by atoms with Crippen molar-refractivity contribution in [2.45, 2.75) is 13.1 Å². The highest BCUT2D eigenvalue weighted by Crippen LogP contribution is 2.36. The SMILES string of the molecule is Cc1nc(-c2ccc(F)cc2C(F)(F)F)ncc1C(=O)O. The number of halogens is 4. The molecule has 21 heavy (non-hydrogen) atoms. The number of aromatic nitrogens is 2. The molecule has 1 aromatic carbocycles. The first-order chi connectivity index (χ1) is 9.70. The van der Waals surface area contributed by atoms with Gasteiger partial charge < -0.3 is 5.11 Å². The lowest BCUT2D eigenvalue weighted by Crippen LogP contribution is -2.10. The van der Waals surface area contributed by atoms with E-state index in [2.05, 4.69) is 9.97 Å². The highest BCUT2D eigenvalue weighted by Gasteiger charge is 2.35. The fourth-order valence-electron chi connectivity index (χ4n) is 1.75. The maximum absolute atomic E-state index is 13.0. The van der Waals surface area contributed by atoms with Crippen molar-refractivity contribution in [2.75, 3.05) is 0 Å². The Morgan fingerprint density at radius 1 is 1.29 bits per heavy atom. The van der Waals surface area contributed by atoms with E-state index < -0.39 is 29.1 Å². The van der Waals surface area contributed by atoms with Gasteiger partial charge in [0.15, 0.2) is 5.82 Å². The Kier molecular flexibility index (Phi) is 3.63. The molecule has 0 atom stereocenters. The second kappa shape index (κ2) is 5.12. The lowest BCUT2D eigenvalue weighted by molar-refractivity contribution is -0.137. The number of nitrogens with zero attached hydrogens (tertiary/aromatic N) is 2. The van der Waals surface area contributed by atoms with Crippen molar-refractivity contribution in [3.63, 3.8) is 0 Å². The number of hydrogen-bond donors (Lipinski definition) is 1. The quantitative estimate of drug-likeness (QED) is 0.864. The molecule has 1 heterocycles. The standard InChI is InChI=1S/C13H8F4N2O2/c1-6-9(12(20)21)5-18-11(19-6)8-3-2-7(14)4-10(8)13(15,16)17/h2-5H,1H3,(H,20,21). The molecule has 0 aliphatic rings. The number of benzene rings is 1. The third kappa shape index (κ3) is 2.99. The van der Waals surface area contributed by atoms with E-state index in [1.807, 2.05) is 0 Å². The normalized spacial score (nSPS) is 11.5. The molecule has 0 aliphatic carbocycles. The van der Waals surface area contributed by atoms with Gasteiger partial charge in [0.1, 0.15) is 5.82 Å². The van der Waals surface area contributed by atoms with Crippen molar-refractivity contribution in [3.05, 3.63) is 47.0 Å². The van der Waals surface area contributed by atoms with Gasteiger partial charge in [0, 0.05) is 11.8 Å².